The van der Waals surface area contributed by atoms with Crippen molar-refractivity contribution in [3.8, 4) is 5.75 Å². The molecule has 0 heterocycles. The highest BCUT2D eigenvalue weighted by Crippen LogP contribution is 2.25. The maximum Gasteiger partial charge on any atom is 0.300 e. The van der Waals surface area contributed by atoms with Crippen molar-refractivity contribution in [3.63, 3.8) is 0 Å². The molecule has 0 fully saturated rings. The van der Waals surface area contributed by atoms with Crippen LogP contribution in [0.25, 0.3) is 0 Å². The first kappa shape index (κ1) is 11.5. The van der Waals surface area contributed by atoms with Crippen molar-refractivity contribution in [1.29, 1.82) is 0 Å². The van der Waals surface area contributed by atoms with Gasteiger partial charge in [0.1, 0.15) is 5.82 Å². The maximum absolute atomic E-state index is 13.0. The van der Waals surface area contributed by atoms with Gasteiger partial charge in [0.2, 0.25) is 5.78 Å². The molecule has 1 aromatic rings. The summed E-state index contributed by atoms with van der Waals surface area (Å²) in [6.45, 7) is 0. The number of carbonyl (C=O) groups excluding carboxylic acids is 1. The van der Waals surface area contributed by atoms with Crippen LogP contribution >= 0.6 is 0 Å². The third-order valence-electron chi connectivity index (χ3n) is 1.68. The molecule has 0 atom stereocenters. The Balaban J connectivity index is 3.32. The number of rotatable bonds is 3. The lowest BCUT2D eigenvalue weighted by Gasteiger charge is -2.08. The van der Waals surface area contributed by atoms with E-state index in [4.69, 9.17) is 0 Å². The van der Waals surface area contributed by atoms with Gasteiger partial charge in [-0.3, -0.25) is 4.79 Å². The average molecular weight is 222 g/mol. The number of carbonyl (C=O) groups is 1. The number of hydrogen-bond donors (Lipinski definition) is 0. The Morgan fingerprint density at radius 3 is 2.40 bits per heavy atom. The molecule has 82 valence electrons. The van der Waals surface area contributed by atoms with Crippen LogP contribution in [0.2, 0.25) is 0 Å². The van der Waals surface area contributed by atoms with E-state index in [1.807, 2.05) is 0 Å². The highest BCUT2D eigenvalue weighted by atomic mass is 19.3. The summed E-state index contributed by atoms with van der Waals surface area (Å²) in [6.07, 6.45) is -3.33. The van der Waals surface area contributed by atoms with Gasteiger partial charge in [0.25, 0.3) is 0 Å². The Hall–Kier alpha value is -1.59. The fourth-order valence-corrected chi connectivity index (χ4v) is 1.07. The summed E-state index contributed by atoms with van der Waals surface area (Å²) >= 11 is 0. The summed E-state index contributed by atoms with van der Waals surface area (Å²) in [5.74, 6) is -4.66. The Morgan fingerprint density at radius 1 is 1.33 bits per heavy atom. The van der Waals surface area contributed by atoms with Crippen LogP contribution in [0.4, 0.5) is 17.6 Å². The Labute approximate surface area is 82.5 Å². The molecule has 0 aliphatic rings. The van der Waals surface area contributed by atoms with Gasteiger partial charge in [-0.1, -0.05) is 0 Å². The minimum Gasteiger partial charge on any atom is -0.493 e. The summed E-state index contributed by atoms with van der Waals surface area (Å²) in [6, 6.07) is 0.956. The van der Waals surface area contributed by atoms with Crippen LogP contribution in [0, 0.1) is 11.6 Å². The van der Waals surface area contributed by atoms with E-state index in [1.165, 1.54) is 0 Å². The summed E-state index contributed by atoms with van der Waals surface area (Å²) in [5.41, 5.74) is -0.801. The summed E-state index contributed by atoms with van der Waals surface area (Å²) in [4.78, 5) is 10.9. The van der Waals surface area contributed by atoms with Crippen molar-refractivity contribution in [2.45, 2.75) is 6.43 Å². The zero-order valence-electron chi connectivity index (χ0n) is 7.56. The van der Waals surface area contributed by atoms with Crippen LogP contribution in [0.3, 0.4) is 0 Å². The number of hydrogen-bond acceptors (Lipinski definition) is 2. The topological polar surface area (TPSA) is 26.3 Å². The van der Waals surface area contributed by atoms with E-state index in [0.29, 0.717) is 12.1 Å². The van der Waals surface area contributed by atoms with Crippen LogP contribution in [0.1, 0.15) is 10.4 Å². The van der Waals surface area contributed by atoms with E-state index in [9.17, 15) is 22.4 Å². The normalized spacial score (nSPS) is 10.5. The van der Waals surface area contributed by atoms with Gasteiger partial charge in [-0.15, -0.1) is 0 Å². The molecule has 1 rings (SSSR count). The molecule has 0 N–H and O–H groups in total. The lowest BCUT2D eigenvalue weighted by molar-refractivity contribution is 0.0674. The molecule has 2 nitrogen and oxygen atoms in total. The lowest BCUT2D eigenvalue weighted by atomic mass is 10.1. The van der Waals surface area contributed by atoms with Crippen molar-refractivity contribution in [3.05, 3.63) is 29.3 Å². The molecule has 0 saturated heterocycles. The molecule has 0 aliphatic carbocycles. The highest BCUT2D eigenvalue weighted by molar-refractivity contribution is 6.00. The molecule has 6 heteroatoms. The van der Waals surface area contributed by atoms with Gasteiger partial charge in [0.05, 0.1) is 12.7 Å². The highest BCUT2D eigenvalue weighted by Gasteiger charge is 2.24. The fourth-order valence-electron chi connectivity index (χ4n) is 1.07. The Bertz CT molecular complexity index is 390. The Kier molecular flexibility index (Phi) is 3.28. The zero-order valence-corrected chi connectivity index (χ0v) is 7.56. The van der Waals surface area contributed by atoms with E-state index in [0.717, 1.165) is 7.11 Å². The summed E-state index contributed by atoms with van der Waals surface area (Å²) in [5, 5.41) is 0. The second kappa shape index (κ2) is 4.29. The molecule has 0 amide bonds. The fraction of sp³-hybridized carbons (Fsp3) is 0.222. The SMILES string of the molecule is COc1c(F)cc(F)cc1C(=O)C(F)F. The van der Waals surface area contributed by atoms with E-state index in [-0.39, 0.29) is 0 Å². The van der Waals surface area contributed by atoms with Gasteiger partial charge in [-0.25, -0.2) is 17.6 Å². The molecule has 1 aromatic carbocycles. The van der Waals surface area contributed by atoms with Crippen molar-refractivity contribution in [1.82, 2.24) is 0 Å². The molecule has 0 radical (unpaired) electrons. The molecule has 0 spiro atoms. The van der Waals surface area contributed by atoms with Crippen LogP contribution in [0.15, 0.2) is 12.1 Å². The number of Topliss-reactive ketones (excluding diaryl/α,β-unsaturated/α-hetero) is 1. The molecule has 0 bridgehead atoms. The second-order valence-electron chi connectivity index (χ2n) is 2.63. The minimum absolute atomic E-state index is 0.446. The molecule has 0 aliphatic heterocycles. The Morgan fingerprint density at radius 2 is 1.93 bits per heavy atom. The number of halogens is 4. The van der Waals surface area contributed by atoms with Crippen molar-refractivity contribution in [2.24, 2.45) is 0 Å². The monoisotopic (exact) mass is 222 g/mol. The lowest BCUT2D eigenvalue weighted by Crippen LogP contribution is -2.13. The summed E-state index contributed by atoms with van der Waals surface area (Å²) in [7, 11) is 0.999. The minimum atomic E-state index is -3.33. The van der Waals surface area contributed by atoms with Gasteiger partial charge in [-0.2, -0.15) is 0 Å². The van der Waals surface area contributed by atoms with Crippen LogP contribution < -0.4 is 4.74 Å². The third-order valence-corrected chi connectivity index (χ3v) is 1.68. The molecular weight excluding hydrogens is 216 g/mol. The zero-order chi connectivity index (χ0) is 11.6. The molecule has 0 saturated carbocycles. The largest absolute Gasteiger partial charge is 0.493 e. The average Bonchev–Trinajstić information content (AvgIpc) is 2.15. The van der Waals surface area contributed by atoms with E-state index in [2.05, 4.69) is 4.74 Å². The van der Waals surface area contributed by atoms with Crippen LogP contribution in [-0.4, -0.2) is 19.3 Å². The molecular formula is C9H6F4O2. The predicted octanol–water partition coefficient (Wildman–Crippen LogP) is 2.42. The number of benzene rings is 1. The van der Waals surface area contributed by atoms with E-state index < -0.39 is 35.2 Å². The third kappa shape index (κ3) is 2.26. The van der Waals surface area contributed by atoms with Crippen LogP contribution in [-0.2, 0) is 0 Å². The van der Waals surface area contributed by atoms with E-state index >= 15 is 0 Å². The first-order valence-electron chi connectivity index (χ1n) is 3.82. The standard InChI is InChI=1S/C9H6F4O2/c1-15-8-5(7(14)9(12)13)2-4(10)3-6(8)11/h2-3,9H,1H3. The molecule has 0 aromatic heterocycles. The smallest absolute Gasteiger partial charge is 0.300 e. The molecule has 0 unspecified atom stereocenters. The quantitative estimate of drug-likeness (QED) is 0.579. The van der Waals surface area contributed by atoms with Gasteiger partial charge >= 0.3 is 6.43 Å². The molecule has 15 heavy (non-hydrogen) atoms. The number of methoxy groups -OCH3 is 1. The second-order valence-corrected chi connectivity index (χ2v) is 2.63. The maximum atomic E-state index is 13.0. The van der Waals surface area contributed by atoms with Gasteiger partial charge in [0.15, 0.2) is 11.6 Å². The van der Waals surface area contributed by atoms with Gasteiger partial charge in [-0.05, 0) is 6.07 Å². The first-order valence-corrected chi connectivity index (χ1v) is 3.82. The van der Waals surface area contributed by atoms with Crippen molar-refractivity contribution < 1.29 is 27.1 Å². The first-order chi connectivity index (χ1) is 6.97. The number of alkyl halides is 2. The van der Waals surface area contributed by atoms with Gasteiger partial charge < -0.3 is 4.74 Å². The van der Waals surface area contributed by atoms with Crippen molar-refractivity contribution >= 4 is 5.78 Å². The van der Waals surface area contributed by atoms with Crippen LogP contribution in [0.5, 0.6) is 5.75 Å². The van der Waals surface area contributed by atoms with E-state index in [1.54, 1.807) is 0 Å². The van der Waals surface area contributed by atoms with Gasteiger partial charge in [0, 0.05) is 6.07 Å². The summed E-state index contributed by atoms with van der Waals surface area (Å²) < 4.78 is 54.1. The number of ketones is 1. The van der Waals surface area contributed by atoms with Crippen molar-refractivity contribution in [2.75, 3.05) is 7.11 Å². The number of ether oxygens (including phenoxy) is 1. The predicted molar refractivity (Wildman–Crippen MR) is 43.2 cm³/mol.